The van der Waals surface area contributed by atoms with E-state index in [4.69, 9.17) is 19.9 Å². The lowest BCUT2D eigenvalue weighted by Crippen LogP contribution is -2.30. The molecule has 3 rings (SSSR count). The van der Waals surface area contributed by atoms with Gasteiger partial charge in [-0.1, -0.05) is 0 Å². The minimum Gasteiger partial charge on any atom is -0.493 e. The van der Waals surface area contributed by atoms with Crippen LogP contribution in [0.25, 0.3) is 6.08 Å². The van der Waals surface area contributed by atoms with Crippen LogP contribution in [0.15, 0.2) is 18.2 Å². The molecule has 1 aromatic rings. The number of methoxy groups -OCH3 is 1. The third kappa shape index (κ3) is 3.01. The largest absolute Gasteiger partial charge is 0.493 e. The number of carbonyl (C=O) groups excluding carboxylic acids is 1. The molecule has 0 radical (unpaired) electrons. The van der Waals surface area contributed by atoms with E-state index in [9.17, 15) is 4.79 Å². The first-order valence-corrected chi connectivity index (χ1v) is 7.37. The first kappa shape index (κ1) is 14.7. The van der Waals surface area contributed by atoms with Crippen molar-refractivity contribution < 1.29 is 19.0 Å². The second-order valence-corrected chi connectivity index (χ2v) is 5.41. The molecular formula is C16H20N2O4. The number of carbonyl (C=O) groups is 1. The summed E-state index contributed by atoms with van der Waals surface area (Å²) in [7, 11) is 1.58. The van der Waals surface area contributed by atoms with Crippen LogP contribution in [0.1, 0.15) is 12.0 Å². The molecule has 0 saturated carbocycles. The topological polar surface area (TPSA) is 74.0 Å². The number of fused-ring (bicyclic) bond motifs is 1. The fraction of sp³-hybridized carbons (Fsp3) is 0.438. The number of hydrogen-bond donors (Lipinski definition) is 1. The zero-order chi connectivity index (χ0) is 15.5. The van der Waals surface area contributed by atoms with Crippen LogP contribution in [0, 0.1) is 0 Å². The molecule has 0 aliphatic carbocycles. The van der Waals surface area contributed by atoms with Crippen LogP contribution >= 0.6 is 0 Å². The van der Waals surface area contributed by atoms with Gasteiger partial charge < -0.3 is 24.8 Å². The summed E-state index contributed by atoms with van der Waals surface area (Å²) in [6.45, 7) is 2.35. The Kier molecular flexibility index (Phi) is 4.20. The highest BCUT2D eigenvalue weighted by atomic mass is 16.6. The third-order valence-corrected chi connectivity index (χ3v) is 3.81. The second kappa shape index (κ2) is 6.27. The maximum atomic E-state index is 12.1. The number of likely N-dealkylation sites (tertiary alicyclic amines) is 1. The Balaban J connectivity index is 1.77. The van der Waals surface area contributed by atoms with Gasteiger partial charge in [0.1, 0.15) is 13.2 Å². The number of ether oxygens (including phenoxy) is 3. The Hall–Kier alpha value is -2.21. The number of benzene rings is 1. The van der Waals surface area contributed by atoms with Gasteiger partial charge in [-0.15, -0.1) is 0 Å². The number of hydrogen-bond acceptors (Lipinski definition) is 5. The minimum absolute atomic E-state index is 0.0261. The molecule has 6 heteroatoms. The highest BCUT2D eigenvalue weighted by molar-refractivity contribution is 5.92. The van der Waals surface area contributed by atoms with Crippen LogP contribution < -0.4 is 19.9 Å². The number of nitrogens with two attached hydrogens (primary N) is 1. The summed E-state index contributed by atoms with van der Waals surface area (Å²) in [5.41, 5.74) is 6.65. The molecule has 2 heterocycles. The van der Waals surface area contributed by atoms with Gasteiger partial charge in [0.25, 0.3) is 0 Å². The molecule has 0 unspecified atom stereocenters. The van der Waals surface area contributed by atoms with Crippen molar-refractivity contribution in [3.05, 3.63) is 23.8 Å². The lowest BCUT2D eigenvalue weighted by Gasteiger charge is -2.21. The predicted octanol–water partition coefficient (Wildman–Crippen LogP) is 1.04. The van der Waals surface area contributed by atoms with Gasteiger partial charge >= 0.3 is 0 Å². The molecule has 0 spiro atoms. The van der Waals surface area contributed by atoms with Crippen molar-refractivity contribution >= 4 is 12.0 Å². The van der Waals surface area contributed by atoms with Crippen LogP contribution in [0.2, 0.25) is 0 Å². The third-order valence-electron chi connectivity index (χ3n) is 3.81. The van der Waals surface area contributed by atoms with Gasteiger partial charge in [-0.25, -0.2) is 0 Å². The van der Waals surface area contributed by atoms with E-state index in [-0.39, 0.29) is 11.9 Å². The van der Waals surface area contributed by atoms with E-state index in [1.165, 1.54) is 0 Å². The van der Waals surface area contributed by atoms with Crippen LogP contribution in [0.4, 0.5) is 0 Å². The lowest BCUT2D eigenvalue weighted by molar-refractivity contribution is -0.124. The van der Waals surface area contributed by atoms with E-state index in [2.05, 4.69) is 0 Å². The summed E-state index contributed by atoms with van der Waals surface area (Å²) < 4.78 is 16.5. The molecule has 2 aliphatic rings. The smallest absolute Gasteiger partial charge is 0.246 e. The first-order valence-electron chi connectivity index (χ1n) is 7.37. The summed E-state index contributed by atoms with van der Waals surface area (Å²) >= 11 is 0. The molecule has 1 fully saturated rings. The maximum Gasteiger partial charge on any atom is 0.246 e. The normalized spacial score (nSPS) is 20.5. The van der Waals surface area contributed by atoms with Crippen molar-refractivity contribution in [2.45, 2.75) is 12.5 Å². The zero-order valence-electron chi connectivity index (χ0n) is 12.6. The Morgan fingerprint density at radius 3 is 2.95 bits per heavy atom. The van der Waals surface area contributed by atoms with Crippen molar-refractivity contribution in [1.29, 1.82) is 0 Å². The standard InChI is InChI=1S/C16H20N2O4/c1-20-13-8-11(9-14-16(13)22-7-6-21-14)2-3-15(19)18-5-4-12(17)10-18/h2-3,8-9,12H,4-7,10,17H2,1H3/t12-/m1/s1. The van der Waals surface area contributed by atoms with Crippen molar-refractivity contribution in [3.8, 4) is 17.2 Å². The Morgan fingerprint density at radius 2 is 2.23 bits per heavy atom. The molecular weight excluding hydrogens is 284 g/mol. The van der Waals surface area contributed by atoms with Gasteiger partial charge in [0, 0.05) is 25.2 Å². The second-order valence-electron chi connectivity index (χ2n) is 5.41. The maximum absolute atomic E-state index is 12.1. The fourth-order valence-corrected chi connectivity index (χ4v) is 2.65. The molecule has 2 aliphatic heterocycles. The Bertz CT molecular complexity index is 583. The summed E-state index contributed by atoms with van der Waals surface area (Å²) in [5.74, 6) is 1.83. The minimum atomic E-state index is -0.0261. The Labute approximate surface area is 129 Å². The molecule has 2 N–H and O–H groups in total. The summed E-state index contributed by atoms with van der Waals surface area (Å²) in [6.07, 6.45) is 4.17. The number of rotatable bonds is 3. The Morgan fingerprint density at radius 1 is 1.41 bits per heavy atom. The van der Waals surface area contributed by atoms with Gasteiger partial charge in [-0.05, 0) is 30.2 Å². The van der Waals surface area contributed by atoms with E-state index in [0.717, 1.165) is 18.5 Å². The van der Waals surface area contributed by atoms with Crippen molar-refractivity contribution in [2.75, 3.05) is 33.4 Å². The van der Waals surface area contributed by atoms with Crippen LogP contribution in [0.3, 0.4) is 0 Å². The number of nitrogens with zero attached hydrogens (tertiary/aromatic N) is 1. The number of amides is 1. The van der Waals surface area contributed by atoms with Crippen molar-refractivity contribution in [3.63, 3.8) is 0 Å². The van der Waals surface area contributed by atoms with Crippen molar-refractivity contribution in [2.24, 2.45) is 5.73 Å². The highest BCUT2D eigenvalue weighted by Gasteiger charge is 2.22. The predicted molar refractivity (Wildman–Crippen MR) is 82.2 cm³/mol. The van der Waals surface area contributed by atoms with Gasteiger partial charge in [0.15, 0.2) is 11.5 Å². The molecule has 118 valence electrons. The average molecular weight is 304 g/mol. The molecule has 6 nitrogen and oxygen atoms in total. The van der Waals surface area contributed by atoms with Gasteiger partial charge in [0.2, 0.25) is 11.7 Å². The van der Waals surface area contributed by atoms with Crippen molar-refractivity contribution in [1.82, 2.24) is 4.90 Å². The quantitative estimate of drug-likeness (QED) is 0.845. The lowest BCUT2D eigenvalue weighted by atomic mass is 10.1. The van der Waals surface area contributed by atoms with E-state index in [0.29, 0.717) is 37.0 Å². The van der Waals surface area contributed by atoms with Crippen LogP contribution in [-0.4, -0.2) is 50.3 Å². The summed E-state index contributed by atoms with van der Waals surface area (Å²) in [5, 5.41) is 0. The molecule has 0 bridgehead atoms. The van der Waals surface area contributed by atoms with Crippen LogP contribution in [-0.2, 0) is 4.79 Å². The highest BCUT2D eigenvalue weighted by Crippen LogP contribution is 2.40. The average Bonchev–Trinajstić information content (AvgIpc) is 2.98. The molecule has 1 saturated heterocycles. The zero-order valence-corrected chi connectivity index (χ0v) is 12.6. The van der Waals surface area contributed by atoms with Gasteiger partial charge in [0.05, 0.1) is 7.11 Å². The van der Waals surface area contributed by atoms with E-state index in [1.807, 2.05) is 12.1 Å². The first-order chi connectivity index (χ1) is 10.7. The summed E-state index contributed by atoms with van der Waals surface area (Å²) in [6, 6.07) is 3.76. The SMILES string of the molecule is COc1cc(C=CC(=O)N2CC[C@@H](N)C2)cc2c1OCCO2. The fourth-order valence-electron chi connectivity index (χ4n) is 2.65. The van der Waals surface area contributed by atoms with E-state index in [1.54, 1.807) is 24.2 Å². The monoisotopic (exact) mass is 304 g/mol. The molecule has 1 atom stereocenters. The summed E-state index contributed by atoms with van der Waals surface area (Å²) in [4.78, 5) is 13.9. The van der Waals surface area contributed by atoms with E-state index < -0.39 is 0 Å². The molecule has 1 aromatic carbocycles. The molecule has 1 amide bonds. The van der Waals surface area contributed by atoms with Gasteiger partial charge in [-0.2, -0.15) is 0 Å². The van der Waals surface area contributed by atoms with Crippen LogP contribution in [0.5, 0.6) is 17.2 Å². The molecule has 0 aromatic heterocycles. The van der Waals surface area contributed by atoms with E-state index >= 15 is 0 Å². The molecule has 22 heavy (non-hydrogen) atoms. The van der Waals surface area contributed by atoms with Gasteiger partial charge in [-0.3, -0.25) is 4.79 Å².